The van der Waals surface area contributed by atoms with Gasteiger partial charge in [0.1, 0.15) is 0 Å². The maximum Gasteiger partial charge on any atom is 0.416 e. The molecule has 1 saturated heterocycles. The van der Waals surface area contributed by atoms with Gasteiger partial charge in [-0.15, -0.1) is 0 Å². The van der Waals surface area contributed by atoms with Crippen LogP contribution < -0.4 is 11.3 Å². The Morgan fingerprint density at radius 3 is 2.76 bits per heavy atom. The van der Waals surface area contributed by atoms with E-state index in [1.54, 1.807) is 23.5 Å². The van der Waals surface area contributed by atoms with Crippen LogP contribution in [0.25, 0.3) is 0 Å². The van der Waals surface area contributed by atoms with Crippen LogP contribution in [-0.4, -0.2) is 27.0 Å². The number of aromatic nitrogens is 1. The van der Waals surface area contributed by atoms with Crippen molar-refractivity contribution in [1.82, 2.24) is 10.4 Å². The van der Waals surface area contributed by atoms with Crippen molar-refractivity contribution in [2.24, 2.45) is 5.84 Å². The maximum absolute atomic E-state index is 13.2. The van der Waals surface area contributed by atoms with Crippen LogP contribution in [0.1, 0.15) is 30.5 Å². The fraction of sp³-hybridized carbons (Fsp3) is 0.615. The highest BCUT2D eigenvalue weighted by molar-refractivity contribution is 8.07. The van der Waals surface area contributed by atoms with Crippen LogP contribution in [0.3, 0.4) is 0 Å². The van der Waals surface area contributed by atoms with Gasteiger partial charge in [0, 0.05) is 40.0 Å². The molecular formula is C13H18F3N3S2. The van der Waals surface area contributed by atoms with E-state index in [0.29, 0.717) is 0 Å². The third-order valence-electron chi connectivity index (χ3n) is 3.49. The van der Waals surface area contributed by atoms with Gasteiger partial charge in [-0.25, -0.2) is 0 Å². The largest absolute Gasteiger partial charge is 0.416 e. The molecule has 3 nitrogen and oxygen atoms in total. The van der Waals surface area contributed by atoms with Gasteiger partial charge in [-0.05, 0) is 12.5 Å². The SMILES string of the molecule is CCC1SCCSC1C(NN)c1cnccc1C(F)(F)F. The molecule has 8 heteroatoms. The van der Waals surface area contributed by atoms with Crippen LogP contribution in [0.15, 0.2) is 18.5 Å². The lowest BCUT2D eigenvalue weighted by molar-refractivity contribution is -0.138. The first-order chi connectivity index (χ1) is 9.99. The number of thioether (sulfide) groups is 2. The molecule has 0 amide bonds. The topological polar surface area (TPSA) is 50.9 Å². The van der Waals surface area contributed by atoms with Crippen molar-refractivity contribution in [3.05, 3.63) is 29.6 Å². The summed E-state index contributed by atoms with van der Waals surface area (Å²) in [4.78, 5) is 3.86. The molecule has 1 aromatic heterocycles. The van der Waals surface area contributed by atoms with Crippen molar-refractivity contribution in [3.8, 4) is 0 Å². The monoisotopic (exact) mass is 337 g/mol. The van der Waals surface area contributed by atoms with Crippen LogP contribution in [0.4, 0.5) is 13.2 Å². The number of alkyl halides is 3. The number of rotatable bonds is 4. The molecule has 2 rings (SSSR count). The average Bonchev–Trinajstić information content (AvgIpc) is 2.48. The van der Waals surface area contributed by atoms with Crippen LogP contribution in [0.2, 0.25) is 0 Å². The van der Waals surface area contributed by atoms with E-state index in [1.807, 2.05) is 0 Å². The lowest BCUT2D eigenvalue weighted by Crippen LogP contribution is -2.42. The quantitative estimate of drug-likeness (QED) is 0.652. The number of nitrogens with zero attached hydrogens (tertiary/aromatic N) is 1. The van der Waals surface area contributed by atoms with Crippen LogP contribution in [-0.2, 0) is 6.18 Å². The smallest absolute Gasteiger partial charge is 0.271 e. The van der Waals surface area contributed by atoms with E-state index < -0.39 is 17.8 Å². The van der Waals surface area contributed by atoms with E-state index in [0.717, 1.165) is 24.0 Å². The van der Waals surface area contributed by atoms with Crippen molar-refractivity contribution in [2.45, 2.75) is 36.1 Å². The second-order valence-corrected chi connectivity index (χ2v) is 7.39. The molecule has 0 spiro atoms. The highest BCUT2D eigenvalue weighted by Gasteiger charge is 2.39. The summed E-state index contributed by atoms with van der Waals surface area (Å²) >= 11 is 3.49. The highest BCUT2D eigenvalue weighted by atomic mass is 32.2. The summed E-state index contributed by atoms with van der Waals surface area (Å²) in [7, 11) is 0. The summed E-state index contributed by atoms with van der Waals surface area (Å²) < 4.78 is 39.5. The number of hydrazine groups is 1. The van der Waals surface area contributed by atoms with Gasteiger partial charge in [-0.2, -0.15) is 36.7 Å². The summed E-state index contributed by atoms with van der Waals surface area (Å²) in [6, 6.07) is 0.458. The van der Waals surface area contributed by atoms with E-state index in [4.69, 9.17) is 5.84 Å². The number of nitrogens with two attached hydrogens (primary N) is 1. The van der Waals surface area contributed by atoms with E-state index in [9.17, 15) is 13.2 Å². The zero-order chi connectivity index (χ0) is 15.5. The summed E-state index contributed by atoms with van der Waals surface area (Å²) in [6.07, 6.45) is -1.05. The lowest BCUT2D eigenvalue weighted by Gasteiger charge is -2.36. The average molecular weight is 337 g/mol. The molecule has 3 N–H and O–H groups in total. The summed E-state index contributed by atoms with van der Waals surface area (Å²) in [5.41, 5.74) is 2.06. The first kappa shape index (κ1) is 16.9. The Hall–Kier alpha value is -0.440. The number of halogens is 3. The van der Waals surface area contributed by atoms with Gasteiger partial charge >= 0.3 is 6.18 Å². The number of nitrogens with one attached hydrogen (secondary N) is 1. The molecule has 0 saturated carbocycles. The second-order valence-electron chi connectivity index (χ2n) is 4.76. The van der Waals surface area contributed by atoms with E-state index in [-0.39, 0.29) is 16.1 Å². The van der Waals surface area contributed by atoms with Crippen molar-refractivity contribution in [2.75, 3.05) is 11.5 Å². The normalized spacial score (nSPS) is 24.8. The van der Waals surface area contributed by atoms with Gasteiger partial charge < -0.3 is 0 Å². The van der Waals surface area contributed by atoms with Crippen molar-refractivity contribution in [3.63, 3.8) is 0 Å². The van der Waals surface area contributed by atoms with Crippen molar-refractivity contribution >= 4 is 23.5 Å². The van der Waals surface area contributed by atoms with Gasteiger partial charge in [-0.1, -0.05) is 6.92 Å². The Morgan fingerprint density at radius 1 is 1.43 bits per heavy atom. The van der Waals surface area contributed by atoms with E-state index in [1.165, 1.54) is 12.4 Å². The summed E-state index contributed by atoms with van der Waals surface area (Å²) in [5, 5.41) is 0.287. The zero-order valence-electron chi connectivity index (χ0n) is 11.6. The standard InChI is InChI=1S/C13H18F3N3S2/c1-2-10-12(21-6-5-20-10)11(19-17)8-7-18-4-3-9(8)13(14,15)16/h3-4,7,10-12,19H,2,5-6,17H2,1H3. The third kappa shape index (κ3) is 3.85. The summed E-state index contributed by atoms with van der Waals surface area (Å²) in [6.45, 7) is 2.05. The van der Waals surface area contributed by atoms with E-state index >= 15 is 0 Å². The number of hydrogen-bond donors (Lipinski definition) is 2. The molecule has 2 heterocycles. The van der Waals surface area contributed by atoms with E-state index in [2.05, 4.69) is 17.3 Å². The van der Waals surface area contributed by atoms with Gasteiger partial charge in [0.05, 0.1) is 11.6 Å². The molecule has 1 fully saturated rings. The Bertz CT molecular complexity index is 470. The minimum atomic E-state index is -4.40. The molecule has 0 radical (unpaired) electrons. The maximum atomic E-state index is 13.2. The van der Waals surface area contributed by atoms with Crippen LogP contribution in [0, 0.1) is 0 Å². The van der Waals surface area contributed by atoms with Gasteiger partial charge in [0.15, 0.2) is 0 Å². The first-order valence-corrected chi connectivity index (χ1v) is 8.79. The first-order valence-electron chi connectivity index (χ1n) is 6.69. The van der Waals surface area contributed by atoms with Crippen molar-refractivity contribution in [1.29, 1.82) is 0 Å². The minimum absolute atomic E-state index is 0.00375. The second kappa shape index (κ2) is 7.21. The predicted molar refractivity (Wildman–Crippen MR) is 82.1 cm³/mol. The zero-order valence-corrected chi connectivity index (χ0v) is 13.2. The summed E-state index contributed by atoms with van der Waals surface area (Å²) in [5.74, 6) is 7.54. The molecule has 0 aromatic carbocycles. The molecule has 3 unspecified atom stereocenters. The number of hydrogen-bond acceptors (Lipinski definition) is 5. The molecule has 0 aliphatic carbocycles. The third-order valence-corrected chi connectivity index (χ3v) is 6.85. The Balaban J connectivity index is 2.37. The predicted octanol–water partition coefficient (Wildman–Crippen LogP) is 3.23. The fourth-order valence-electron chi connectivity index (χ4n) is 2.52. The lowest BCUT2D eigenvalue weighted by atomic mass is 9.97. The molecule has 3 atom stereocenters. The Labute approximate surface area is 130 Å². The molecule has 1 aliphatic rings. The molecule has 118 valence electrons. The molecule has 1 aliphatic heterocycles. The highest BCUT2D eigenvalue weighted by Crippen LogP contribution is 2.42. The Morgan fingerprint density at radius 2 is 2.14 bits per heavy atom. The molecular weight excluding hydrogens is 319 g/mol. The minimum Gasteiger partial charge on any atom is -0.271 e. The van der Waals surface area contributed by atoms with Gasteiger partial charge in [0.2, 0.25) is 0 Å². The van der Waals surface area contributed by atoms with Crippen LogP contribution in [0.5, 0.6) is 0 Å². The fourth-order valence-corrected chi connectivity index (χ4v) is 5.74. The Kier molecular flexibility index (Phi) is 5.81. The molecule has 1 aromatic rings. The van der Waals surface area contributed by atoms with Crippen molar-refractivity contribution < 1.29 is 13.2 Å². The van der Waals surface area contributed by atoms with Crippen LogP contribution >= 0.6 is 23.5 Å². The van der Waals surface area contributed by atoms with Gasteiger partial charge in [-0.3, -0.25) is 16.3 Å². The number of pyridine rings is 1. The molecule has 0 bridgehead atoms. The molecule has 21 heavy (non-hydrogen) atoms. The van der Waals surface area contributed by atoms with Gasteiger partial charge in [0.25, 0.3) is 0 Å².